The van der Waals surface area contributed by atoms with Crippen molar-refractivity contribution in [3.8, 4) is 6.07 Å². The second kappa shape index (κ2) is 3.63. The summed E-state index contributed by atoms with van der Waals surface area (Å²) in [6, 6.07) is 5.93. The molecule has 0 aliphatic carbocycles. The van der Waals surface area contributed by atoms with Crippen LogP contribution in [-0.4, -0.2) is 17.8 Å². The fourth-order valence-corrected chi connectivity index (χ4v) is 1.68. The minimum atomic E-state index is 0.583. The molecule has 1 aromatic heterocycles. The number of ether oxygens (including phenoxy) is 1. The van der Waals surface area contributed by atoms with Crippen LogP contribution in [0.4, 0.5) is 0 Å². The van der Waals surface area contributed by atoms with E-state index in [1.165, 1.54) is 0 Å². The molecular formula is C10H12N2O. The van der Waals surface area contributed by atoms with Gasteiger partial charge in [0.05, 0.1) is 6.61 Å². The summed E-state index contributed by atoms with van der Waals surface area (Å²) in [5.74, 6) is 0.583. The van der Waals surface area contributed by atoms with Gasteiger partial charge >= 0.3 is 0 Å². The quantitative estimate of drug-likeness (QED) is 0.683. The zero-order chi connectivity index (χ0) is 9.10. The van der Waals surface area contributed by atoms with Crippen LogP contribution in [0.3, 0.4) is 0 Å². The summed E-state index contributed by atoms with van der Waals surface area (Å²) in [5.41, 5.74) is 0.743. The molecule has 2 heterocycles. The zero-order valence-electron chi connectivity index (χ0n) is 7.44. The predicted octanol–water partition coefficient (Wildman–Crippen LogP) is 1.40. The van der Waals surface area contributed by atoms with Crippen molar-refractivity contribution in [2.75, 3.05) is 13.2 Å². The van der Waals surface area contributed by atoms with E-state index < -0.39 is 0 Å². The van der Waals surface area contributed by atoms with Crippen molar-refractivity contribution in [1.29, 1.82) is 5.26 Å². The Kier molecular flexibility index (Phi) is 2.33. The standard InChI is InChI=1S/C10H12N2O/c11-6-10-2-1-4-12(10)7-9-3-5-13-8-9/h1-2,4,9H,3,5,7-8H2. The smallest absolute Gasteiger partial charge is 0.120 e. The third-order valence-corrected chi connectivity index (χ3v) is 2.42. The lowest BCUT2D eigenvalue weighted by Gasteiger charge is -2.09. The van der Waals surface area contributed by atoms with E-state index in [2.05, 4.69) is 6.07 Å². The lowest BCUT2D eigenvalue weighted by molar-refractivity contribution is 0.182. The van der Waals surface area contributed by atoms with Crippen molar-refractivity contribution < 1.29 is 4.74 Å². The molecule has 2 rings (SSSR count). The van der Waals surface area contributed by atoms with Crippen molar-refractivity contribution in [1.82, 2.24) is 4.57 Å². The zero-order valence-corrected chi connectivity index (χ0v) is 7.44. The topological polar surface area (TPSA) is 38.0 Å². The van der Waals surface area contributed by atoms with E-state index in [0.29, 0.717) is 5.92 Å². The molecule has 0 bridgehead atoms. The average molecular weight is 176 g/mol. The summed E-state index contributed by atoms with van der Waals surface area (Å²) >= 11 is 0. The fraction of sp³-hybridized carbons (Fsp3) is 0.500. The Bertz CT molecular complexity index is 318. The van der Waals surface area contributed by atoms with Crippen LogP contribution >= 0.6 is 0 Å². The monoisotopic (exact) mass is 176 g/mol. The predicted molar refractivity (Wildman–Crippen MR) is 48.1 cm³/mol. The van der Waals surface area contributed by atoms with Gasteiger partial charge in [0.1, 0.15) is 11.8 Å². The molecule has 13 heavy (non-hydrogen) atoms. The van der Waals surface area contributed by atoms with Gasteiger partial charge in [0.25, 0.3) is 0 Å². The summed E-state index contributed by atoms with van der Waals surface area (Å²) in [5, 5.41) is 8.78. The molecule has 1 aliphatic rings. The molecule has 3 nitrogen and oxygen atoms in total. The molecule has 0 N–H and O–H groups in total. The van der Waals surface area contributed by atoms with Crippen molar-refractivity contribution in [2.45, 2.75) is 13.0 Å². The third kappa shape index (κ3) is 1.73. The Balaban J connectivity index is 2.04. The van der Waals surface area contributed by atoms with Crippen LogP contribution in [0.1, 0.15) is 12.1 Å². The van der Waals surface area contributed by atoms with Gasteiger partial charge in [-0.1, -0.05) is 0 Å². The number of nitrogens with zero attached hydrogens (tertiary/aromatic N) is 2. The molecule has 0 radical (unpaired) electrons. The van der Waals surface area contributed by atoms with Gasteiger partial charge in [0.15, 0.2) is 0 Å². The summed E-state index contributed by atoms with van der Waals surface area (Å²) in [6.07, 6.45) is 3.07. The first-order chi connectivity index (χ1) is 6.40. The van der Waals surface area contributed by atoms with Crippen LogP contribution < -0.4 is 0 Å². The molecule has 1 saturated heterocycles. The van der Waals surface area contributed by atoms with Gasteiger partial charge in [0.2, 0.25) is 0 Å². The Labute approximate surface area is 77.5 Å². The number of nitriles is 1. The highest BCUT2D eigenvalue weighted by Crippen LogP contribution is 2.15. The van der Waals surface area contributed by atoms with E-state index in [1.807, 2.05) is 22.9 Å². The number of aromatic nitrogens is 1. The molecule has 1 aromatic rings. The highest BCUT2D eigenvalue weighted by atomic mass is 16.5. The van der Waals surface area contributed by atoms with E-state index in [0.717, 1.165) is 31.9 Å². The first kappa shape index (κ1) is 8.33. The summed E-state index contributed by atoms with van der Waals surface area (Å²) in [7, 11) is 0. The lowest BCUT2D eigenvalue weighted by Crippen LogP contribution is -2.10. The van der Waals surface area contributed by atoms with Crippen molar-refractivity contribution in [3.05, 3.63) is 24.0 Å². The third-order valence-electron chi connectivity index (χ3n) is 2.42. The molecule has 1 aliphatic heterocycles. The van der Waals surface area contributed by atoms with Gasteiger partial charge in [-0.25, -0.2) is 0 Å². The Hall–Kier alpha value is -1.27. The second-order valence-corrected chi connectivity index (χ2v) is 3.39. The summed E-state index contributed by atoms with van der Waals surface area (Å²) in [6.45, 7) is 2.62. The summed E-state index contributed by atoms with van der Waals surface area (Å²) < 4.78 is 7.28. The molecule has 1 fully saturated rings. The Morgan fingerprint density at radius 1 is 1.69 bits per heavy atom. The normalized spacial score (nSPS) is 21.6. The summed E-state index contributed by atoms with van der Waals surface area (Å²) in [4.78, 5) is 0. The molecule has 0 amide bonds. The van der Waals surface area contributed by atoms with Gasteiger partial charge in [-0.3, -0.25) is 0 Å². The molecule has 0 spiro atoms. The largest absolute Gasteiger partial charge is 0.381 e. The van der Waals surface area contributed by atoms with Crippen LogP contribution in [0.15, 0.2) is 18.3 Å². The maximum atomic E-state index is 8.78. The molecular weight excluding hydrogens is 164 g/mol. The van der Waals surface area contributed by atoms with Gasteiger partial charge in [-0.05, 0) is 18.6 Å². The second-order valence-electron chi connectivity index (χ2n) is 3.39. The molecule has 0 aromatic carbocycles. The Morgan fingerprint density at radius 2 is 2.62 bits per heavy atom. The molecule has 1 atom stereocenters. The fourth-order valence-electron chi connectivity index (χ4n) is 1.68. The van der Waals surface area contributed by atoms with Gasteiger partial charge in [-0.2, -0.15) is 5.26 Å². The molecule has 1 unspecified atom stereocenters. The number of hydrogen-bond donors (Lipinski definition) is 0. The molecule has 68 valence electrons. The van der Waals surface area contributed by atoms with E-state index in [4.69, 9.17) is 10.00 Å². The van der Waals surface area contributed by atoms with Crippen LogP contribution in [0, 0.1) is 17.2 Å². The number of rotatable bonds is 2. The van der Waals surface area contributed by atoms with Crippen molar-refractivity contribution in [3.63, 3.8) is 0 Å². The minimum Gasteiger partial charge on any atom is -0.381 e. The van der Waals surface area contributed by atoms with Gasteiger partial charge < -0.3 is 9.30 Å². The minimum absolute atomic E-state index is 0.583. The highest BCUT2D eigenvalue weighted by molar-refractivity contribution is 5.21. The maximum Gasteiger partial charge on any atom is 0.120 e. The first-order valence-electron chi connectivity index (χ1n) is 4.53. The average Bonchev–Trinajstić information content (AvgIpc) is 2.76. The Morgan fingerprint density at radius 3 is 3.31 bits per heavy atom. The van der Waals surface area contributed by atoms with Crippen molar-refractivity contribution >= 4 is 0 Å². The lowest BCUT2D eigenvalue weighted by atomic mass is 10.1. The molecule has 0 saturated carbocycles. The maximum absolute atomic E-state index is 8.78. The van der Waals surface area contributed by atoms with Crippen molar-refractivity contribution in [2.24, 2.45) is 5.92 Å². The van der Waals surface area contributed by atoms with Crippen LogP contribution in [0.2, 0.25) is 0 Å². The molecule has 3 heteroatoms. The highest BCUT2D eigenvalue weighted by Gasteiger charge is 2.16. The van der Waals surface area contributed by atoms with E-state index in [1.54, 1.807) is 0 Å². The van der Waals surface area contributed by atoms with Crippen LogP contribution in [-0.2, 0) is 11.3 Å². The first-order valence-corrected chi connectivity index (χ1v) is 4.53. The van der Waals surface area contributed by atoms with Crippen LogP contribution in [0.25, 0.3) is 0 Å². The van der Waals surface area contributed by atoms with E-state index in [-0.39, 0.29) is 0 Å². The van der Waals surface area contributed by atoms with E-state index in [9.17, 15) is 0 Å². The van der Waals surface area contributed by atoms with E-state index >= 15 is 0 Å². The van der Waals surface area contributed by atoms with Gasteiger partial charge in [0, 0.05) is 25.3 Å². The SMILES string of the molecule is N#Cc1cccn1CC1CCOC1. The number of hydrogen-bond acceptors (Lipinski definition) is 2. The van der Waals surface area contributed by atoms with Crippen LogP contribution in [0.5, 0.6) is 0 Å². The van der Waals surface area contributed by atoms with Gasteiger partial charge in [-0.15, -0.1) is 0 Å².